The second-order valence-corrected chi connectivity index (χ2v) is 8.60. The molecule has 0 saturated carbocycles. The molecule has 2 heterocycles. The fraction of sp³-hybridized carbons (Fsp3) is 0.476. The molecule has 0 radical (unpaired) electrons. The fourth-order valence-electron chi connectivity index (χ4n) is 3.74. The fourth-order valence-corrected chi connectivity index (χ4v) is 4.80. The molecular weight excluding hydrogens is 376 g/mol. The van der Waals surface area contributed by atoms with E-state index in [1.165, 1.54) is 18.7 Å². The van der Waals surface area contributed by atoms with Crippen molar-refractivity contribution in [1.29, 1.82) is 0 Å². The summed E-state index contributed by atoms with van der Waals surface area (Å²) in [6.07, 6.45) is 0.676. The highest BCUT2D eigenvalue weighted by molar-refractivity contribution is 8.03. The van der Waals surface area contributed by atoms with Crippen molar-refractivity contribution >= 4 is 29.5 Å². The van der Waals surface area contributed by atoms with E-state index in [4.69, 9.17) is 4.74 Å². The third-order valence-electron chi connectivity index (χ3n) is 5.04. The maximum Gasteiger partial charge on any atom is 0.356 e. The highest BCUT2D eigenvalue weighted by Gasteiger charge is 2.56. The lowest BCUT2D eigenvalue weighted by molar-refractivity contribution is -0.159. The van der Waals surface area contributed by atoms with Gasteiger partial charge < -0.3 is 15.0 Å². The molecule has 2 unspecified atom stereocenters. The largest absolute Gasteiger partial charge is 0.456 e. The van der Waals surface area contributed by atoms with Crippen LogP contribution in [0.5, 0.6) is 0 Å². The van der Waals surface area contributed by atoms with E-state index in [0.717, 1.165) is 10.5 Å². The first-order chi connectivity index (χ1) is 13.4. The molecule has 2 atom stereocenters. The van der Waals surface area contributed by atoms with E-state index < -0.39 is 5.97 Å². The Morgan fingerprint density at radius 1 is 1.29 bits per heavy atom. The molecule has 1 aromatic carbocycles. The van der Waals surface area contributed by atoms with Crippen molar-refractivity contribution in [3.8, 4) is 0 Å². The lowest BCUT2D eigenvalue weighted by Crippen LogP contribution is -2.60. The Morgan fingerprint density at radius 2 is 2.00 bits per heavy atom. The first-order valence-corrected chi connectivity index (χ1v) is 10.5. The van der Waals surface area contributed by atoms with E-state index >= 15 is 0 Å². The van der Waals surface area contributed by atoms with E-state index in [1.54, 1.807) is 4.90 Å². The molecule has 3 rings (SSSR count). The number of benzene rings is 1. The van der Waals surface area contributed by atoms with Crippen molar-refractivity contribution in [2.75, 3.05) is 12.3 Å². The van der Waals surface area contributed by atoms with Gasteiger partial charge in [-0.3, -0.25) is 9.59 Å². The van der Waals surface area contributed by atoms with Crippen LogP contribution < -0.4 is 5.32 Å². The number of β-lactam (4-membered cyclic amide) rings is 1. The minimum absolute atomic E-state index is 0.00382. The first-order valence-electron chi connectivity index (χ1n) is 9.54. The van der Waals surface area contributed by atoms with Gasteiger partial charge in [0, 0.05) is 30.5 Å². The van der Waals surface area contributed by atoms with Crippen LogP contribution in [0.15, 0.2) is 40.9 Å². The number of rotatable bonds is 8. The van der Waals surface area contributed by atoms with Gasteiger partial charge in [-0.05, 0) is 11.5 Å². The molecule has 2 aliphatic heterocycles. The van der Waals surface area contributed by atoms with Crippen LogP contribution in [0.4, 0.5) is 0 Å². The SMILES string of the molecule is CC(=O)NCCSC1=C(C(=O)OCc2ccccc2)N2C(=O)C(C(C)C)C2C1. The van der Waals surface area contributed by atoms with E-state index in [-0.39, 0.29) is 36.3 Å². The lowest BCUT2D eigenvalue weighted by Gasteiger charge is -2.45. The summed E-state index contributed by atoms with van der Waals surface area (Å²) in [6, 6.07) is 9.52. The average molecular weight is 403 g/mol. The van der Waals surface area contributed by atoms with Gasteiger partial charge >= 0.3 is 5.97 Å². The van der Waals surface area contributed by atoms with E-state index in [9.17, 15) is 14.4 Å². The monoisotopic (exact) mass is 402 g/mol. The van der Waals surface area contributed by atoms with Crippen molar-refractivity contribution in [3.63, 3.8) is 0 Å². The zero-order valence-electron chi connectivity index (χ0n) is 16.4. The highest BCUT2D eigenvalue weighted by atomic mass is 32.2. The van der Waals surface area contributed by atoms with Crippen molar-refractivity contribution < 1.29 is 19.1 Å². The Bertz CT molecular complexity index is 791. The van der Waals surface area contributed by atoms with E-state index in [2.05, 4.69) is 5.32 Å². The van der Waals surface area contributed by atoms with Crippen LogP contribution in [0.25, 0.3) is 0 Å². The maximum atomic E-state index is 12.8. The third kappa shape index (κ3) is 4.24. The summed E-state index contributed by atoms with van der Waals surface area (Å²) in [6.45, 7) is 6.24. The number of fused-ring (bicyclic) bond motifs is 1. The van der Waals surface area contributed by atoms with Gasteiger partial charge in [0.05, 0.1) is 12.0 Å². The molecule has 2 amide bonds. The first kappa shape index (κ1) is 20.5. The average Bonchev–Trinajstić information content (AvgIpc) is 2.98. The zero-order valence-corrected chi connectivity index (χ0v) is 17.3. The Hall–Kier alpha value is -2.28. The summed E-state index contributed by atoms with van der Waals surface area (Å²) in [4.78, 5) is 39.0. The molecule has 28 heavy (non-hydrogen) atoms. The van der Waals surface area contributed by atoms with Crippen molar-refractivity contribution in [2.24, 2.45) is 11.8 Å². The summed E-state index contributed by atoms with van der Waals surface area (Å²) in [5, 5.41) is 2.75. The van der Waals surface area contributed by atoms with Crippen LogP contribution in [-0.2, 0) is 25.7 Å². The Morgan fingerprint density at radius 3 is 2.64 bits per heavy atom. The number of carbonyl (C=O) groups excluding carboxylic acids is 3. The Balaban J connectivity index is 1.71. The van der Waals surface area contributed by atoms with Crippen LogP contribution in [-0.4, -0.2) is 41.0 Å². The molecule has 0 spiro atoms. The maximum absolute atomic E-state index is 12.8. The van der Waals surface area contributed by atoms with Crippen LogP contribution >= 0.6 is 11.8 Å². The second-order valence-electron chi connectivity index (χ2n) is 7.41. The molecule has 1 aromatic rings. The van der Waals surface area contributed by atoms with Gasteiger partial charge in [0.2, 0.25) is 11.8 Å². The van der Waals surface area contributed by atoms with Gasteiger partial charge in [-0.1, -0.05) is 44.2 Å². The summed E-state index contributed by atoms with van der Waals surface area (Å²) < 4.78 is 5.51. The number of hydrogen-bond donors (Lipinski definition) is 1. The highest BCUT2D eigenvalue weighted by Crippen LogP contribution is 2.48. The molecule has 1 N–H and O–H groups in total. The second kappa shape index (κ2) is 8.82. The molecule has 150 valence electrons. The number of nitrogens with zero attached hydrogens (tertiary/aromatic N) is 1. The quantitative estimate of drug-likeness (QED) is 0.411. The molecule has 0 bridgehead atoms. The molecular formula is C21H26N2O4S. The molecule has 0 aliphatic carbocycles. The Labute approximate surface area is 169 Å². The third-order valence-corrected chi connectivity index (χ3v) is 6.16. The van der Waals surface area contributed by atoms with E-state index in [0.29, 0.717) is 24.4 Å². The van der Waals surface area contributed by atoms with Crippen LogP contribution in [0, 0.1) is 11.8 Å². The topological polar surface area (TPSA) is 75.7 Å². The van der Waals surface area contributed by atoms with Gasteiger partial charge in [-0.15, -0.1) is 11.8 Å². The summed E-state index contributed by atoms with van der Waals surface area (Å²) in [7, 11) is 0. The van der Waals surface area contributed by atoms with Crippen molar-refractivity contribution in [2.45, 2.75) is 39.8 Å². The van der Waals surface area contributed by atoms with Crippen molar-refractivity contribution in [1.82, 2.24) is 10.2 Å². The van der Waals surface area contributed by atoms with Gasteiger partial charge in [-0.25, -0.2) is 4.79 Å². The van der Waals surface area contributed by atoms with Gasteiger partial charge in [0.25, 0.3) is 0 Å². The van der Waals surface area contributed by atoms with Gasteiger partial charge in [-0.2, -0.15) is 0 Å². The molecule has 2 aliphatic rings. The molecule has 1 saturated heterocycles. The molecule has 6 nitrogen and oxygen atoms in total. The number of nitrogens with one attached hydrogen (secondary N) is 1. The predicted octanol–water partition coefficient (Wildman–Crippen LogP) is 2.70. The molecule has 7 heteroatoms. The number of amides is 2. The van der Waals surface area contributed by atoms with Crippen molar-refractivity contribution in [3.05, 3.63) is 46.5 Å². The molecule has 1 fully saturated rings. The van der Waals surface area contributed by atoms with Crippen LogP contribution in [0.1, 0.15) is 32.8 Å². The minimum atomic E-state index is -0.455. The zero-order chi connectivity index (χ0) is 20.3. The number of hydrogen-bond acceptors (Lipinski definition) is 5. The van der Waals surface area contributed by atoms with Crippen LogP contribution in [0.2, 0.25) is 0 Å². The normalized spacial score (nSPS) is 20.9. The number of ether oxygens (including phenoxy) is 1. The standard InChI is InChI=1S/C21H26N2O4S/c1-13(2)18-16-11-17(28-10-9-22-14(3)24)19(23(16)20(18)25)21(26)27-12-15-7-5-4-6-8-15/h4-8,13,16,18H,9-12H2,1-3H3,(H,22,24). The minimum Gasteiger partial charge on any atom is -0.456 e. The summed E-state index contributed by atoms with van der Waals surface area (Å²) >= 11 is 1.52. The van der Waals surface area contributed by atoms with E-state index in [1.807, 2.05) is 44.2 Å². The van der Waals surface area contributed by atoms with Gasteiger partial charge in [0.15, 0.2) is 0 Å². The number of thioether (sulfide) groups is 1. The van der Waals surface area contributed by atoms with Gasteiger partial charge in [0.1, 0.15) is 12.3 Å². The van der Waals surface area contributed by atoms with Crippen LogP contribution in [0.3, 0.4) is 0 Å². The summed E-state index contributed by atoms with van der Waals surface area (Å²) in [5.41, 5.74) is 1.29. The lowest BCUT2D eigenvalue weighted by atomic mass is 9.79. The predicted molar refractivity (Wildman–Crippen MR) is 108 cm³/mol. The summed E-state index contributed by atoms with van der Waals surface area (Å²) in [5.74, 6) is 0.297. The molecule has 0 aromatic heterocycles. The smallest absolute Gasteiger partial charge is 0.356 e. The number of carbonyl (C=O) groups is 3. The Kier molecular flexibility index (Phi) is 6.44. The number of esters is 1.